The summed E-state index contributed by atoms with van der Waals surface area (Å²) in [7, 11) is 3.73. The van der Waals surface area contributed by atoms with Gasteiger partial charge in [0.1, 0.15) is 0 Å². The molecular weight excluding hydrogens is 488 g/mol. The molecule has 1 aliphatic heterocycles. The predicted molar refractivity (Wildman–Crippen MR) is 162 cm³/mol. The Morgan fingerprint density at radius 2 is 1.13 bits per heavy atom. The van der Waals surface area contributed by atoms with Gasteiger partial charge in [0.25, 0.3) is 0 Å². The summed E-state index contributed by atoms with van der Waals surface area (Å²) in [6.45, 7) is 3.37. The number of imide groups is 1. The number of unbranched alkanes of at least 4 members (excludes halogenated alkanes) is 19. The molecule has 2 amide bonds. The minimum absolute atomic E-state index is 0.0126. The highest BCUT2D eigenvalue weighted by atomic mass is 16.4. The van der Waals surface area contributed by atoms with Crippen molar-refractivity contribution in [2.24, 2.45) is 5.92 Å². The van der Waals surface area contributed by atoms with Crippen molar-refractivity contribution in [2.45, 2.75) is 155 Å². The molecule has 0 spiro atoms. The molecule has 0 aromatic rings. The third-order valence-electron chi connectivity index (χ3n) is 8.45. The van der Waals surface area contributed by atoms with Gasteiger partial charge >= 0.3 is 5.97 Å². The number of nitrogens with zero attached hydrogens (tertiary/aromatic N) is 2. The molecule has 6 nitrogen and oxygen atoms in total. The summed E-state index contributed by atoms with van der Waals surface area (Å²) in [6, 6.07) is 0. The van der Waals surface area contributed by atoms with Crippen molar-refractivity contribution in [3.63, 3.8) is 0 Å². The molecule has 0 aliphatic carbocycles. The second kappa shape index (κ2) is 22.3. The zero-order valence-corrected chi connectivity index (χ0v) is 26.0. The second-order valence-corrected chi connectivity index (χ2v) is 12.9. The lowest BCUT2D eigenvalue weighted by Gasteiger charge is -2.28. The minimum atomic E-state index is -0.830. The zero-order chi connectivity index (χ0) is 28.8. The van der Waals surface area contributed by atoms with Crippen LogP contribution in [0.3, 0.4) is 0 Å². The average Bonchev–Trinajstić information content (AvgIpc) is 3.14. The molecule has 1 unspecified atom stereocenters. The molecule has 1 heterocycles. The molecule has 0 aromatic carbocycles. The summed E-state index contributed by atoms with van der Waals surface area (Å²) in [5.41, 5.74) is 0. The molecule has 1 saturated heterocycles. The summed E-state index contributed by atoms with van der Waals surface area (Å²) in [5.74, 6) is -1.04. The van der Waals surface area contributed by atoms with Crippen molar-refractivity contribution >= 4 is 17.8 Å². The molecule has 0 radical (unpaired) electrons. The first-order valence-corrected chi connectivity index (χ1v) is 16.6. The monoisotopic (exact) mass is 551 g/mol. The van der Waals surface area contributed by atoms with Gasteiger partial charge in [-0.3, -0.25) is 14.5 Å². The van der Waals surface area contributed by atoms with Gasteiger partial charge in [-0.15, -0.1) is 0 Å². The Morgan fingerprint density at radius 3 is 1.54 bits per heavy atom. The number of carbonyl (C=O) groups is 3. The maximum Gasteiger partial charge on any atom is 0.359 e. The standard InChI is InChI=1S/C33H62N2O4/c1-4-5-6-7-8-9-10-11-12-13-14-15-16-17-18-19-20-21-22-23-25-30-28-31(36)34(33(30)39)26-24-27-35(2,3)29-32(37)38/h30H,4-29H2,1-3H3/p+1. The number of carboxylic acid groups (broad SMARTS) is 1. The van der Waals surface area contributed by atoms with Crippen LogP contribution in [-0.2, 0) is 14.4 Å². The number of carboxylic acids is 1. The van der Waals surface area contributed by atoms with E-state index in [-0.39, 0.29) is 24.3 Å². The van der Waals surface area contributed by atoms with E-state index in [1.54, 1.807) is 0 Å². The van der Waals surface area contributed by atoms with Gasteiger partial charge in [-0.05, 0) is 6.42 Å². The quantitative estimate of drug-likeness (QED) is 0.0635. The molecule has 1 atom stereocenters. The molecule has 1 rings (SSSR count). The fourth-order valence-electron chi connectivity index (χ4n) is 5.96. The number of likely N-dealkylation sites (N-methyl/N-ethyl adjacent to an activating group) is 1. The molecule has 1 fully saturated rings. The number of aliphatic carboxylic acids is 1. The Balaban J connectivity index is 1.91. The highest BCUT2D eigenvalue weighted by Gasteiger charge is 2.37. The van der Waals surface area contributed by atoms with Crippen LogP contribution in [0.2, 0.25) is 0 Å². The number of amides is 2. The topological polar surface area (TPSA) is 74.7 Å². The largest absolute Gasteiger partial charge is 0.477 e. The highest BCUT2D eigenvalue weighted by molar-refractivity contribution is 6.03. The Morgan fingerprint density at radius 1 is 0.718 bits per heavy atom. The summed E-state index contributed by atoms with van der Waals surface area (Å²) in [4.78, 5) is 37.4. The number of carbonyl (C=O) groups excluding carboxylic acids is 2. The van der Waals surface area contributed by atoms with Gasteiger partial charge < -0.3 is 9.59 Å². The summed E-state index contributed by atoms with van der Waals surface area (Å²) >= 11 is 0. The lowest BCUT2D eigenvalue weighted by Crippen LogP contribution is -2.45. The number of hydrogen-bond acceptors (Lipinski definition) is 3. The van der Waals surface area contributed by atoms with E-state index in [1.165, 1.54) is 120 Å². The number of rotatable bonds is 27. The van der Waals surface area contributed by atoms with E-state index in [9.17, 15) is 14.4 Å². The number of hydrogen-bond donors (Lipinski definition) is 1. The Hall–Kier alpha value is -1.43. The number of likely N-dealkylation sites (tertiary alicyclic amines) is 1. The van der Waals surface area contributed by atoms with Gasteiger partial charge in [-0.25, -0.2) is 4.79 Å². The maximum atomic E-state index is 12.7. The van der Waals surface area contributed by atoms with Gasteiger partial charge in [0, 0.05) is 25.3 Å². The summed E-state index contributed by atoms with van der Waals surface area (Å²) in [6.07, 6.45) is 29.0. The fraction of sp³-hybridized carbons (Fsp3) is 0.909. The lowest BCUT2D eigenvalue weighted by atomic mass is 9.98. The SMILES string of the molecule is CCCCCCCCCCCCCCCCCCCCCCC1CC(=O)N(CCC[N+](C)(C)CC(=O)O)C1=O. The van der Waals surface area contributed by atoms with Crippen LogP contribution in [0.15, 0.2) is 0 Å². The van der Waals surface area contributed by atoms with Crippen LogP contribution in [0.5, 0.6) is 0 Å². The van der Waals surface area contributed by atoms with E-state index < -0.39 is 5.97 Å². The molecule has 39 heavy (non-hydrogen) atoms. The van der Waals surface area contributed by atoms with Crippen LogP contribution in [-0.4, -0.2) is 66.0 Å². The first-order chi connectivity index (χ1) is 18.8. The summed E-state index contributed by atoms with van der Waals surface area (Å²) in [5, 5.41) is 9.00. The van der Waals surface area contributed by atoms with E-state index in [2.05, 4.69) is 6.92 Å². The first kappa shape index (κ1) is 35.6. The van der Waals surface area contributed by atoms with Gasteiger partial charge in [0.05, 0.1) is 20.6 Å². The van der Waals surface area contributed by atoms with E-state index in [0.29, 0.717) is 30.4 Å². The molecular formula is C33H63N2O4+. The molecule has 1 N–H and O–H groups in total. The average molecular weight is 552 g/mol. The van der Waals surface area contributed by atoms with Crippen molar-refractivity contribution < 1.29 is 24.0 Å². The third kappa shape index (κ3) is 18.5. The van der Waals surface area contributed by atoms with Gasteiger partial charge in [-0.1, -0.05) is 135 Å². The van der Waals surface area contributed by atoms with Crippen molar-refractivity contribution in [1.82, 2.24) is 4.90 Å². The molecule has 0 aromatic heterocycles. The fourth-order valence-corrected chi connectivity index (χ4v) is 5.96. The summed E-state index contributed by atoms with van der Waals surface area (Å²) < 4.78 is 0.356. The lowest BCUT2D eigenvalue weighted by molar-refractivity contribution is -0.883. The Labute approximate surface area is 240 Å². The molecule has 0 bridgehead atoms. The first-order valence-electron chi connectivity index (χ1n) is 16.6. The molecule has 0 saturated carbocycles. The number of quaternary nitrogens is 1. The van der Waals surface area contributed by atoms with Crippen LogP contribution in [0.25, 0.3) is 0 Å². The van der Waals surface area contributed by atoms with Crippen molar-refractivity contribution in [1.29, 1.82) is 0 Å². The van der Waals surface area contributed by atoms with Gasteiger partial charge in [-0.2, -0.15) is 0 Å². The van der Waals surface area contributed by atoms with Crippen molar-refractivity contribution in [2.75, 3.05) is 33.7 Å². The van der Waals surface area contributed by atoms with Crippen LogP contribution >= 0.6 is 0 Å². The van der Waals surface area contributed by atoms with Crippen LogP contribution in [0, 0.1) is 5.92 Å². The third-order valence-corrected chi connectivity index (χ3v) is 8.45. The zero-order valence-electron chi connectivity index (χ0n) is 26.0. The molecule has 1 aliphatic rings. The van der Waals surface area contributed by atoms with Gasteiger partial charge in [0.15, 0.2) is 6.54 Å². The molecule has 6 heteroatoms. The van der Waals surface area contributed by atoms with E-state index >= 15 is 0 Å². The Bertz CT molecular complexity index is 664. The van der Waals surface area contributed by atoms with Crippen LogP contribution in [0.1, 0.15) is 155 Å². The van der Waals surface area contributed by atoms with Crippen LogP contribution in [0.4, 0.5) is 0 Å². The van der Waals surface area contributed by atoms with E-state index in [4.69, 9.17) is 5.11 Å². The van der Waals surface area contributed by atoms with Crippen molar-refractivity contribution in [3.05, 3.63) is 0 Å². The molecule has 228 valence electrons. The van der Waals surface area contributed by atoms with Gasteiger partial charge in [0.2, 0.25) is 11.8 Å². The maximum absolute atomic E-state index is 12.7. The minimum Gasteiger partial charge on any atom is -0.477 e. The van der Waals surface area contributed by atoms with E-state index in [1.807, 2.05) is 14.1 Å². The van der Waals surface area contributed by atoms with Crippen molar-refractivity contribution in [3.8, 4) is 0 Å². The smallest absolute Gasteiger partial charge is 0.359 e. The van der Waals surface area contributed by atoms with Crippen LogP contribution < -0.4 is 0 Å². The predicted octanol–water partition coefficient (Wildman–Crippen LogP) is 8.12. The Kier molecular flexibility index (Phi) is 20.3. The van der Waals surface area contributed by atoms with E-state index in [0.717, 1.165) is 19.3 Å². The normalized spacial score (nSPS) is 16.0. The highest BCUT2D eigenvalue weighted by Crippen LogP contribution is 2.25. The second-order valence-electron chi connectivity index (χ2n) is 12.9.